The maximum absolute atomic E-state index is 13.3. The lowest BCUT2D eigenvalue weighted by atomic mass is 9.89. The minimum atomic E-state index is -2.93. The number of benzene rings is 2. The highest BCUT2D eigenvalue weighted by Crippen LogP contribution is 2.33. The van der Waals surface area contributed by atoms with Crippen molar-refractivity contribution in [2.24, 2.45) is 0 Å². The van der Waals surface area contributed by atoms with Gasteiger partial charge in [-0.3, -0.25) is 9.69 Å². The van der Waals surface area contributed by atoms with Crippen molar-refractivity contribution in [3.8, 4) is 11.4 Å². The third-order valence-electron chi connectivity index (χ3n) is 6.09. The molecule has 1 saturated heterocycles. The van der Waals surface area contributed by atoms with Gasteiger partial charge in [0.25, 0.3) is 5.91 Å². The summed E-state index contributed by atoms with van der Waals surface area (Å²) >= 11 is 0. The highest BCUT2D eigenvalue weighted by molar-refractivity contribution is 6.07. The standard InChI is InChI=1S/C22H20F2N6O3/c1-22(15-6-5-13-3-2-4-14(13)11-15)19(31)29(21(32)25-22)12-18-26-27-28-30(18)16-7-9-17(10-8-16)33-20(23)24/h5-11,20H,2-4,12H2,1H3,(H,25,32). The highest BCUT2D eigenvalue weighted by atomic mass is 19.3. The second-order valence-electron chi connectivity index (χ2n) is 8.16. The number of aromatic nitrogens is 4. The van der Waals surface area contributed by atoms with Gasteiger partial charge in [-0.2, -0.15) is 13.5 Å². The summed E-state index contributed by atoms with van der Waals surface area (Å²) in [6.45, 7) is -1.40. The number of imide groups is 1. The van der Waals surface area contributed by atoms with Gasteiger partial charge in [-0.25, -0.2) is 4.79 Å². The zero-order valence-electron chi connectivity index (χ0n) is 17.7. The summed E-state index contributed by atoms with van der Waals surface area (Å²) in [4.78, 5) is 27.2. The Hall–Kier alpha value is -3.89. The predicted molar refractivity (Wildman–Crippen MR) is 111 cm³/mol. The number of fused-ring (bicyclic) bond motifs is 1. The Labute approximate surface area is 187 Å². The molecule has 1 fully saturated rings. The van der Waals surface area contributed by atoms with Crippen molar-refractivity contribution in [3.63, 3.8) is 0 Å². The average molecular weight is 454 g/mol. The fraction of sp³-hybridized carbons (Fsp3) is 0.318. The van der Waals surface area contributed by atoms with Gasteiger partial charge in [0.05, 0.1) is 12.2 Å². The molecule has 33 heavy (non-hydrogen) atoms. The number of rotatable bonds is 6. The number of hydrogen-bond acceptors (Lipinski definition) is 6. The SMILES string of the molecule is CC1(c2ccc3c(c2)CCC3)NC(=O)N(Cc2nnnn2-c2ccc(OC(F)F)cc2)C1=O. The first-order chi connectivity index (χ1) is 15.8. The molecular formula is C22H20F2N6O3. The van der Waals surface area contributed by atoms with Crippen molar-refractivity contribution in [2.75, 3.05) is 0 Å². The third kappa shape index (κ3) is 3.69. The average Bonchev–Trinajstić information content (AvgIpc) is 3.49. The molecule has 0 spiro atoms. The Kier molecular flexibility index (Phi) is 5.03. The third-order valence-corrected chi connectivity index (χ3v) is 6.09. The number of alkyl halides is 2. The van der Waals surface area contributed by atoms with Crippen LogP contribution < -0.4 is 10.1 Å². The normalized spacial score (nSPS) is 19.8. The van der Waals surface area contributed by atoms with Crippen LogP contribution in [0, 0.1) is 0 Å². The molecule has 1 aliphatic heterocycles. The molecule has 0 radical (unpaired) electrons. The van der Waals surface area contributed by atoms with Crippen molar-refractivity contribution in [1.29, 1.82) is 0 Å². The molecule has 2 aromatic carbocycles. The second kappa shape index (κ2) is 7.91. The van der Waals surface area contributed by atoms with E-state index in [0.717, 1.165) is 29.7 Å². The van der Waals surface area contributed by atoms with Crippen LogP contribution in [-0.2, 0) is 29.7 Å². The molecule has 1 unspecified atom stereocenters. The molecule has 0 saturated carbocycles. The molecule has 11 heteroatoms. The molecule has 2 aliphatic rings. The van der Waals surface area contributed by atoms with Crippen LogP contribution in [0.3, 0.4) is 0 Å². The number of tetrazole rings is 1. The number of aryl methyl sites for hydroxylation is 2. The number of carbonyl (C=O) groups is 2. The number of hydrogen-bond donors (Lipinski definition) is 1. The number of nitrogens with zero attached hydrogens (tertiary/aromatic N) is 5. The molecule has 9 nitrogen and oxygen atoms in total. The van der Waals surface area contributed by atoms with Crippen LogP contribution in [0.25, 0.3) is 5.69 Å². The van der Waals surface area contributed by atoms with E-state index in [4.69, 9.17) is 0 Å². The second-order valence-corrected chi connectivity index (χ2v) is 8.16. The maximum Gasteiger partial charge on any atom is 0.387 e. The van der Waals surface area contributed by atoms with E-state index in [1.54, 1.807) is 6.92 Å². The van der Waals surface area contributed by atoms with Gasteiger partial charge in [0.15, 0.2) is 5.82 Å². The van der Waals surface area contributed by atoms with E-state index in [2.05, 4.69) is 25.6 Å². The lowest BCUT2D eigenvalue weighted by Gasteiger charge is -2.23. The van der Waals surface area contributed by atoms with Crippen molar-refractivity contribution in [3.05, 3.63) is 65.0 Å². The molecular weight excluding hydrogens is 434 g/mol. The summed E-state index contributed by atoms with van der Waals surface area (Å²) in [5.41, 5.74) is 2.49. The summed E-state index contributed by atoms with van der Waals surface area (Å²) in [5.74, 6) is -0.178. The van der Waals surface area contributed by atoms with Crippen molar-refractivity contribution in [1.82, 2.24) is 30.4 Å². The largest absolute Gasteiger partial charge is 0.435 e. The van der Waals surface area contributed by atoms with E-state index in [9.17, 15) is 18.4 Å². The van der Waals surface area contributed by atoms with Crippen LogP contribution in [0.4, 0.5) is 13.6 Å². The van der Waals surface area contributed by atoms with Crippen LogP contribution in [0.2, 0.25) is 0 Å². The minimum absolute atomic E-state index is 0.0115. The number of amides is 3. The molecule has 1 aromatic heterocycles. The lowest BCUT2D eigenvalue weighted by Crippen LogP contribution is -2.41. The van der Waals surface area contributed by atoms with Crippen molar-refractivity contribution < 1.29 is 23.1 Å². The first-order valence-electron chi connectivity index (χ1n) is 10.4. The number of halogens is 2. The van der Waals surface area contributed by atoms with Gasteiger partial charge in [0, 0.05) is 0 Å². The number of ether oxygens (including phenoxy) is 1. The van der Waals surface area contributed by atoms with E-state index in [0.29, 0.717) is 5.69 Å². The van der Waals surface area contributed by atoms with E-state index in [1.165, 1.54) is 40.1 Å². The van der Waals surface area contributed by atoms with Crippen molar-refractivity contribution in [2.45, 2.75) is 44.9 Å². The highest BCUT2D eigenvalue weighted by Gasteiger charge is 2.49. The molecule has 5 rings (SSSR count). The quantitative estimate of drug-likeness (QED) is 0.575. The van der Waals surface area contributed by atoms with Gasteiger partial charge in [-0.05, 0) is 77.6 Å². The summed E-state index contributed by atoms with van der Waals surface area (Å²) < 4.78 is 30.4. The Balaban J connectivity index is 1.38. The molecule has 1 N–H and O–H groups in total. The maximum atomic E-state index is 13.3. The lowest BCUT2D eigenvalue weighted by molar-refractivity contribution is -0.131. The first-order valence-corrected chi connectivity index (χ1v) is 10.4. The first kappa shape index (κ1) is 21.0. The Bertz CT molecular complexity index is 1230. The predicted octanol–water partition coefficient (Wildman–Crippen LogP) is 2.72. The van der Waals surface area contributed by atoms with Gasteiger partial charge < -0.3 is 10.1 Å². The van der Waals surface area contributed by atoms with Gasteiger partial charge in [0.1, 0.15) is 11.3 Å². The Morgan fingerprint density at radius 3 is 2.64 bits per heavy atom. The summed E-state index contributed by atoms with van der Waals surface area (Å²) in [6, 6.07) is 11.1. The smallest absolute Gasteiger partial charge is 0.387 e. The minimum Gasteiger partial charge on any atom is -0.435 e. The fourth-order valence-corrected chi connectivity index (χ4v) is 4.33. The Morgan fingerprint density at radius 1 is 1.12 bits per heavy atom. The van der Waals surface area contributed by atoms with Crippen LogP contribution in [0.5, 0.6) is 5.75 Å². The fourth-order valence-electron chi connectivity index (χ4n) is 4.33. The van der Waals surface area contributed by atoms with Crippen LogP contribution >= 0.6 is 0 Å². The van der Waals surface area contributed by atoms with E-state index >= 15 is 0 Å². The number of carbonyl (C=O) groups excluding carboxylic acids is 2. The van der Waals surface area contributed by atoms with Gasteiger partial charge in [-0.1, -0.05) is 18.2 Å². The summed E-state index contributed by atoms with van der Waals surface area (Å²) in [7, 11) is 0. The van der Waals surface area contributed by atoms with Gasteiger partial charge >= 0.3 is 12.6 Å². The summed E-state index contributed by atoms with van der Waals surface area (Å²) in [5, 5.41) is 14.3. The molecule has 170 valence electrons. The zero-order chi connectivity index (χ0) is 23.2. The molecule has 1 atom stereocenters. The topological polar surface area (TPSA) is 102 Å². The number of urea groups is 1. The van der Waals surface area contributed by atoms with Crippen LogP contribution in [0.1, 0.15) is 35.9 Å². The molecule has 1 aliphatic carbocycles. The van der Waals surface area contributed by atoms with E-state index in [1.807, 2.05) is 18.2 Å². The number of nitrogens with one attached hydrogen (secondary N) is 1. The van der Waals surface area contributed by atoms with Crippen molar-refractivity contribution >= 4 is 11.9 Å². The summed E-state index contributed by atoms with van der Waals surface area (Å²) in [6.07, 6.45) is 3.07. The van der Waals surface area contributed by atoms with E-state index < -0.39 is 24.1 Å². The zero-order valence-corrected chi connectivity index (χ0v) is 17.7. The molecule has 3 aromatic rings. The monoisotopic (exact) mass is 454 g/mol. The van der Waals surface area contributed by atoms with Gasteiger partial charge in [-0.15, -0.1) is 5.10 Å². The van der Waals surface area contributed by atoms with Crippen LogP contribution in [0.15, 0.2) is 42.5 Å². The molecule has 2 heterocycles. The van der Waals surface area contributed by atoms with E-state index in [-0.39, 0.29) is 18.1 Å². The van der Waals surface area contributed by atoms with Gasteiger partial charge in [0.2, 0.25) is 0 Å². The Morgan fingerprint density at radius 2 is 1.88 bits per heavy atom. The molecule has 0 bridgehead atoms. The molecule has 3 amide bonds. The van der Waals surface area contributed by atoms with Crippen LogP contribution in [-0.4, -0.2) is 43.7 Å².